The first-order chi connectivity index (χ1) is 12.3. The first-order valence-corrected chi connectivity index (χ1v) is 10.0. The van der Waals surface area contributed by atoms with Crippen LogP contribution in [0.4, 0.5) is 5.82 Å². The Morgan fingerprint density at radius 1 is 1.19 bits per heavy atom. The van der Waals surface area contributed by atoms with Crippen LogP contribution in [0.5, 0.6) is 0 Å². The number of nitrogens with one attached hydrogen (secondary N) is 1. The van der Waals surface area contributed by atoms with Crippen molar-refractivity contribution in [2.45, 2.75) is 32.1 Å². The van der Waals surface area contributed by atoms with Gasteiger partial charge in [0, 0.05) is 24.7 Å². The molecule has 1 fully saturated rings. The van der Waals surface area contributed by atoms with Crippen LogP contribution in [0.2, 0.25) is 0 Å². The average Bonchev–Trinajstić information content (AvgIpc) is 2.99. The molecule has 0 spiro atoms. The van der Waals surface area contributed by atoms with Gasteiger partial charge in [0.15, 0.2) is 5.82 Å². The van der Waals surface area contributed by atoms with Crippen LogP contribution in [0.1, 0.15) is 36.4 Å². The highest BCUT2D eigenvalue weighted by Gasteiger charge is 2.31. The summed E-state index contributed by atoms with van der Waals surface area (Å²) in [5.74, 6) is 1.21. The second kappa shape index (κ2) is 7.20. The molecule has 1 aliphatic heterocycles. The predicted octanol–water partition coefficient (Wildman–Crippen LogP) is 2.90. The zero-order chi connectivity index (χ0) is 18.9. The minimum absolute atomic E-state index is 0.202. The number of rotatable bonds is 4. The van der Waals surface area contributed by atoms with E-state index in [2.05, 4.69) is 24.3 Å². The smallest absolute Gasteiger partial charge is 0.256 e. The molecule has 7 nitrogen and oxygen atoms in total. The van der Waals surface area contributed by atoms with Crippen LogP contribution in [0.3, 0.4) is 0 Å². The number of hydrogen-bond donors (Lipinski definition) is 1. The number of carbonyl (C=O) groups is 1. The van der Waals surface area contributed by atoms with Crippen molar-refractivity contribution in [1.82, 2.24) is 9.46 Å². The van der Waals surface area contributed by atoms with Crippen molar-refractivity contribution in [3.05, 3.63) is 41.7 Å². The normalized spacial score (nSPS) is 21.5. The second-order valence-electron chi connectivity index (χ2n) is 7.07. The highest BCUT2D eigenvalue weighted by Crippen LogP contribution is 2.26. The molecule has 1 amide bonds. The number of carbonyl (C=O) groups excluding carboxylic acids is 1. The van der Waals surface area contributed by atoms with Gasteiger partial charge in [-0.1, -0.05) is 19.0 Å². The summed E-state index contributed by atoms with van der Waals surface area (Å²) < 4.78 is 32.2. The lowest BCUT2D eigenvalue weighted by molar-refractivity contribution is 0.102. The summed E-state index contributed by atoms with van der Waals surface area (Å²) in [7, 11) is -3.55. The van der Waals surface area contributed by atoms with Crippen LogP contribution in [0.15, 0.2) is 39.8 Å². The number of sulfonamides is 1. The number of piperidine rings is 1. The number of anilines is 1. The van der Waals surface area contributed by atoms with Crippen molar-refractivity contribution in [3.8, 4) is 0 Å². The zero-order valence-electron chi connectivity index (χ0n) is 15.1. The van der Waals surface area contributed by atoms with Crippen LogP contribution < -0.4 is 5.32 Å². The Labute approximate surface area is 153 Å². The van der Waals surface area contributed by atoms with Gasteiger partial charge in [-0.25, -0.2) is 8.42 Å². The number of aryl methyl sites for hydroxylation is 1. The second-order valence-corrected chi connectivity index (χ2v) is 9.01. The van der Waals surface area contributed by atoms with E-state index < -0.39 is 10.0 Å². The van der Waals surface area contributed by atoms with Gasteiger partial charge in [0.2, 0.25) is 10.0 Å². The molecule has 0 aliphatic carbocycles. The summed E-state index contributed by atoms with van der Waals surface area (Å²) >= 11 is 0. The van der Waals surface area contributed by atoms with Crippen molar-refractivity contribution in [3.63, 3.8) is 0 Å². The van der Waals surface area contributed by atoms with Gasteiger partial charge in [-0.3, -0.25) is 4.79 Å². The monoisotopic (exact) mass is 377 g/mol. The molecule has 3 rings (SSSR count). The quantitative estimate of drug-likeness (QED) is 0.884. The van der Waals surface area contributed by atoms with Crippen LogP contribution in [-0.4, -0.2) is 36.9 Å². The molecule has 0 bridgehead atoms. The summed E-state index contributed by atoms with van der Waals surface area (Å²) in [6.07, 6.45) is 1.03. The third-order valence-electron chi connectivity index (χ3n) is 4.46. The highest BCUT2D eigenvalue weighted by molar-refractivity contribution is 7.89. The molecule has 0 saturated carbocycles. The average molecular weight is 377 g/mol. The van der Waals surface area contributed by atoms with Gasteiger partial charge in [-0.05, 0) is 49.4 Å². The van der Waals surface area contributed by atoms with Gasteiger partial charge in [0.1, 0.15) is 5.76 Å². The largest absolute Gasteiger partial charge is 0.360 e. The molecule has 1 N–H and O–H groups in total. The molecular formula is C18H23N3O4S. The van der Waals surface area contributed by atoms with E-state index in [1.807, 2.05) is 0 Å². The molecule has 0 radical (unpaired) electrons. The Kier molecular flexibility index (Phi) is 5.15. The van der Waals surface area contributed by atoms with Crippen molar-refractivity contribution >= 4 is 21.7 Å². The highest BCUT2D eigenvalue weighted by atomic mass is 32.2. The van der Waals surface area contributed by atoms with Crippen LogP contribution >= 0.6 is 0 Å². The summed E-state index contributed by atoms with van der Waals surface area (Å²) in [6.45, 7) is 6.92. The molecule has 1 aromatic carbocycles. The van der Waals surface area contributed by atoms with E-state index in [1.165, 1.54) is 24.3 Å². The molecule has 2 heterocycles. The molecule has 1 aromatic heterocycles. The van der Waals surface area contributed by atoms with Crippen molar-refractivity contribution in [1.29, 1.82) is 0 Å². The SMILES string of the molecule is Cc1cc(NC(=O)c2ccc(S(=O)(=O)N3C[C@@H](C)C[C@H](C)C3)cc2)no1. The number of nitrogens with zero attached hydrogens (tertiary/aromatic N) is 2. The Hall–Kier alpha value is -2.19. The molecular weight excluding hydrogens is 354 g/mol. The molecule has 1 saturated heterocycles. The fourth-order valence-electron chi connectivity index (χ4n) is 3.34. The van der Waals surface area contributed by atoms with Gasteiger partial charge >= 0.3 is 0 Å². The first-order valence-electron chi connectivity index (χ1n) is 8.60. The van der Waals surface area contributed by atoms with Crippen LogP contribution in [-0.2, 0) is 10.0 Å². The minimum Gasteiger partial charge on any atom is -0.360 e. The van der Waals surface area contributed by atoms with Gasteiger partial charge in [-0.2, -0.15) is 4.31 Å². The Morgan fingerprint density at radius 2 is 1.81 bits per heavy atom. The van der Waals surface area contributed by atoms with Gasteiger partial charge < -0.3 is 9.84 Å². The van der Waals surface area contributed by atoms with Crippen LogP contribution in [0, 0.1) is 18.8 Å². The van der Waals surface area contributed by atoms with Crippen molar-refractivity contribution in [2.24, 2.45) is 11.8 Å². The van der Waals surface area contributed by atoms with Gasteiger partial charge in [0.25, 0.3) is 5.91 Å². The van der Waals surface area contributed by atoms with Gasteiger partial charge in [0.05, 0.1) is 4.90 Å². The summed E-state index contributed by atoms with van der Waals surface area (Å²) in [4.78, 5) is 12.4. The lowest BCUT2D eigenvalue weighted by atomic mass is 9.94. The maximum absolute atomic E-state index is 12.9. The first kappa shape index (κ1) is 18.6. The molecule has 2 atom stereocenters. The Morgan fingerprint density at radius 3 is 2.35 bits per heavy atom. The summed E-state index contributed by atoms with van der Waals surface area (Å²) in [5.41, 5.74) is 0.352. The molecule has 8 heteroatoms. The summed E-state index contributed by atoms with van der Waals surface area (Å²) in [5, 5.41) is 6.31. The lowest BCUT2D eigenvalue weighted by Gasteiger charge is -2.34. The van der Waals surface area contributed by atoms with E-state index in [0.717, 1.165) is 6.42 Å². The van der Waals surface area contributed by atoms with E-state index >= 15 is 0 Å². The maximum Gasteiger partial charge on any atom is 0.256 e. The number of amides is 1. The number of aromatic nitrogens is 1. The van der Waals surface area contributed by atoms with E-state index in [-0.39, 0.29) is 10.8 Å². The number of benzene rings is 1. The zero-order valence-corrected chi connectivity index (χ0v) is 15.9. The Bertz CT molecular complexity index is 879. The third-order valence-corrected chi connectivity index (χ3v) is 6.31. The lowest BCUT2D eigenvalue weighted by Crippen LogP contribution is -2.42. The van der Waals surface area contributed by atoms with Crippen LogP contribution in [0.25, 0.3) is 0 Å². The Balaban J connectivity index is 1.75. The fraction of sp³-hybridized carbons (Fsp3) is 0.444. The summed E-state index contributed by atoms with van der Waals surface area (Å²) in [6, 6.07) is 7.57. The van der Waals surface area contributed by atoms with Crippen molar-refractivity contribution in [2.75, 3.05) is 18.4 Å². The molecule has 140 valence electrons. The van der Waals surface area contributed by atoms with E-state index in [9.17, 15) is 13.2 Å². The molecule has 26 heavy (non-hydrogen) atoms. The topological polar surface area (TPSA) is 92.5 Å². The molecule has 0 unspecified atom stereocenters. The van der Waals surface area contributed by atoms with Crippen molar-refractivity contribution < 1.29 is 17.7 Å². The minimum atomic E-state index is -3.55. The molecule has 1 aliphatic rings. The van der Waals surface area contributed by atoms with E-state index in [0.29, 0.717) is 42.1 Å². The van der Waals surface area contributed by atoms with E-state index in [4.69, 9.17) is 4.52 Å². The standard InChI is InChI=1S/C18H23N3O4S/c1-12-8-13(2)11-21(10-12)26(23,24)16-6-4-15(5-7-16)18(22)19-17-9-14(3)25-20-17/h4-7,9,12-13H,8,10-11H2,1-3H3,(H,19,20,22)/t12-,13-/m0/s1. The fourth-order valence-corrected chi connectivity index (χ4v) is 5.02. The third kappa shape index (κ3) is 3.96. The molecule has 2 aromatic rings. The van der Waals surface area contributed by atoms with Gasteiger partial charge in [-0.15, -0.1) is 0 Å². The van der Waals surface area contributed by atoms with E-state index in [1.54, 1.807) is 17.3 Å². The maximum atomic E-state index is 12.9. The number of hydrogen-bond acceptors (Lipinski definition) is 5. The predicted molar refractivity (Wildman–Crippen MR) is 97.3 cm³/mol.